The van der Waals surface area contributed by atoms with Crippen LogP contribution in [-0.2, 0) is 19.1 Å². The number of ether oxygens (including phenoxy) is 1. The van der Waals surface area contributed by atoms with E-state index in [0.29, 0.717) is 6.54 Å². The number of rotatable bonds is 4. The first kappa shape index (κ1) is 13.0. The molecule has 2 fully saturated rings. The van der Waals surface area contributed by atoms with Crippen LogP contribution in [-0.4, -0.2) is 47.9 Å². The fourth-order valence-corrected chi connectivity index (χ4v) is 2.31. The molecule has 3 amide bonds. The number of amides is 3. The Bertz CT molecular complexity index is 347. The molecule has 0 aromatic carbocycles. The van der Waals surface area contributed by atoms with Crippen molar-refractivity contribution in [2.24, 2.45) is 0 Å². The maximum Gasteiger partial charge on any atom is 0.243 e. The number of nitrogens with one attached hydrogen (secondary N) is 1. The topological polar surface area (TPSA) is 75.7 Å². The van der Waals surface area contributed by atoms with E-state index >= 15 is 0 Å². The predicted molar refractivity (Wildman–Crippen MR) is 62.5 cm³/mol. The second-order valence-electron chi connectivity index (χ2n) is 4.71. The van der Waals surface area contributed by atoms with Gasteiger partial charge < -0.3 is 10.1 Å². The van der Waals surface area contributed by atoms with E-state index < -0.39 is 6.04 Å². The molecule has 100 valence electrons. The van der Waals surface area contributed by atoms with Gasteiger partial charge >= 0.3 is 0 Å². The molecular weight excluding hydrogens is 236 g/mol. The lowest BCUT2D eigenvalue weighted by atomic mass is 10.2. The molecule has 6 heteroatoms. The highest BCUT2D eigenvalue weighted by atomic mass is 16.5. The van der Waals surface area contributed by atoms with Crippen LogP contribution in [0.3, 0.4) is 0 Å². The van der Waals surface area contributed by atoms with Crippen LogP contribution in [0.2, 0.25) is 0 Å². The number of nitrogens with zero attached hydrogens (tertiary/aromatic N) is 1. The van der Waals surface area contributed by atoms with Crippen LogP contribution in [0.25, 0.3) is 0 Å². The molecule has 0 bridgehead atoms. The van der Waals surface area contributed by atoms with Crippen LogP contribution in [0, 0.1) is 0 Å². The molecule has 2 aliphatic heterocycles. The van der Waals surface area contributed by atoms with Gasteiger partial charge in [0.1, 0.15) is 6.04 Å². The van der Waals surface area contributed by atoms with Gasteiger partial charge in [-0.3, -0.25) is 19.3 Å². The Morgan fingerprint density at radius 3 is 2.67 bits per heavy atom. The van der Waals surface area contributed by atoms with Gasteiger partial charge in [-0.1, -0.05) is 0 Å². The molecule has 0 radical (unpaired) electrons. The first-order valence-electron chi connectivity index (χ1n) is 6.34. The fourth-order valence-electron chi connectivity index (χ4n) is 2.31. The largest absolute Gasteiger partial charge is 0.376 e. The Kier molecular flexibility index (Phi) is 3.96. The van der Waals surface area contributed by atoms with E-state index in [1.807, 2.05) is 0 Å². The number of carbonyl (C=O) groups is 3. The summed E-state index contributed by atoms with van der Waals surface area (Å²) in [5, 5.41) is 2.73. The zero-order valence-electron chi connectivity index (χ0n) is 10.5. The summed E-state index contributed by atoms with van der Waals surface area (Å²) in [4.78, 5) is 35.9. The summed E-state index contributed by atoms with van der Waals surface area (Å²) in [6, 6.07) is -0.728. The van der Waals surface area contributed by atoms with Gasteiger partial charge in [-0.15, -0.1) is 0 Å². The normalized spacial score (nSPS) is 25.6. The van der Waals surface area contributed by atoms with Crippen LogP contribution in [0.4, 0.5) is 0 Å². The maximum absolute atomic E-state index is 11.9. The van der Waals surface area contributed by atoms with Crippen molar-refractivity contribution in [3.05, 3.63) is 0 Å². The van der Waals surface area contributed by atoms with Crippen LogP contribution in [0.1, 0.15) is 32.6 Å². The van der Waals surface area contributed by atoms with E-state index in [-0.39, 0.29) is 36.7 Å². The van der Waals surface area contributed by atoms with Crippen molar-refractivity contribution in [2.45, 2.75) is 44.8 Å². The van der Waals surface area contributed by atoms with Gasteiger partial charge in [-0.2, -0.15) is 0 Å². The molecule has 0 spiro atoms. The summed E-state index contributed by atoms with van der Waals surface area (Å²) in [5.41, 5.74) is 0. The van der Waals surface area contributed by atoms with Gasteiger partial charge in [0, 0.05) is 26.0 Å². The maximum atomic E-state index is 11.9. The predicted octanol–water partition coefficient (Wildman–Crippen LogP) is -0.181. The molecule has 2 saturated heterocycles. The van der Waals surface area contributed by atoms with E-state index in [0.717, 1.165) is 24.3 Å². The zero-order valence-corrected chi connectivity index (χ0v) is 10.5. The Morgan fingerprint density at radius 2 is 2.11 bits per heavy atom. The first-order chi connectivity index (χ1) is 8.59. The molecule has 0 aromatic rings. The van der Waals surface area contributed by atoms with Gasteiger partial charge in [0.05, 0.1) is 6.10 Å². The Labute approximate surface area is 106 Å². The van der Waals surface area contributed by atoms with E-state index in [1.54, 1.807) is 6.92 Å². The highest BCUT2D eigenvalue weighted by Crippen LogP contribution is 2.15. The molecule has 6 nitrogen and oxygen atoms in total. The summed E-state index contributed by atoms with van der Waals surface area (Å²) in [5.74, 6) is -0.825. The van der Waals surface area contributed by atoms with Crippen molar-refractivity contribution in [1.29, 1.82) is 0 Å². The van der Waals surface area contributed by atoms with E-state index in [4.69, 9.17) is 4.74 Å². The van der Waals surface area contributed by atoms with Crippen molar-refractivity contribution in [3.8, 4) is 0 Å². The zero-order chi connectivity index (χ0) is 13.1. The van der Waals surface area contributed by atoms with Crippen LogP contribution in [0.5, 0.6) is 0 Å². The van der Waals surface area contributed by atoms with E-state index in [2.05, 4.69) is 5.32 Å². The lowest BCUT2D eigenvalue weighted by Gasteiger charge is -2.22. The van der Waals surface area contributed by atoms with Crippen molar-refractivity contribution in [2.75, 3.05) is 13.2 Å². The quantitative estimate of drug-likeness (QED) is 0.706. The number of carbonyl (C=O) groups excluding carboxylic acids is 3. The summed E-state index contributed by atoms with van der Waals surface area (Å²) in [6.45, 7) is 2.75. The molecule has 1 unspecified atom stereocenters. The minimum atomic E-state index is -0.728. The Hall–Kier alpha value is -1.43. The summed E-state index contributed by atoms with van der Waals surface area (Å²) >= 11 is 0. The molecule has 2 aliphatic rings. The van der Waals surface area contributed by atoms with Gasteiger partial charge in [0.2, 0.25) is 17.7 Å². The van der Waals surface area contributed by atoms with E-state index in [9.17, 15) is 14.4 Å². The second kappa shape index (κ2) is 5.48. The van der Waals surface area contributed by atoms with E-state index in [1.165, 1.54) is 0 Å². The molecule has 2 rings (SSSR count). The fraction of sp³-hybridized carbons (Fsp3) is 0.750. The van der Waals surface area contributed by atoms with Crippen LogP contribution in [0.15, 0.2) is 0 Å². The molecule has 2 atom stereocenters. The third kappa shape index (κ3) is 2.69. The molecule has 0 aromatic heterocycles. The summed E-state index contributed by atoms with van der Waals surface area (Å²) in [6.07, 6.45) is 2.44. The SMILES string of the molecule is C[C@@H](C(=O)NCC1CCCO1)N1C(=O)CCC1=O. The third-order valence-electron chi connectivity index (χ3n) is 3.38. The monoisotopic (exact) mass is 254 g/mol. The molecule has 0 saturated carbocycles. The molecular formula is C12H18N2O4. The number of likely N-dealkylation sites (tertiary alicyclic amines) is 1. The smallest absolute Gasteiger partial charge is 0.243 e. The highest BCUT2D eigenvalue weighted by molar-refractivity contribution is 6.05. The third-order valence-corrected chi connectivity index (χ3v) is 3.38. The number of hydrogen-bond acceptors (Lipinski definition) is 4. The average Bonchev–Trinajstić information content (AvgIpc) is 2.96. The number of imide groups is 1. The van der Waals surface area contributed by atoms with Crippen molar-refractivity contribution >= 4 is 17.7 Å². The Morgan fingerprint density at radius 1 is 1.44 bits per heavy atom. The van der Waals surface area contributed by atoms with Crippen LogP contribution >= 0.6 is 0 Å². The number of hydrogen-bond donors (Lipinski definition) is 1. The van der Waals surface area contributed by atoms with Gasteiger partial charge in [0.25, 0.3) is 0 Å². The lowest BCUT2D eigenvalue weighted by molar-refractivity contribution is -0.146. The summed E-state index contributed by atoms with van der Waals surface area (Å²) in [7, 11) is 0. The Balaban J connectivity index is 1.84. The summed E-state index contributed by atoms with van der Waals surface area (Å²) < 4.78 is 5.39. The van der Waals surface area contributed by atoms with Gasteiger partial charge in [-0.05, 0) is 19.8 Å². The average molecular weight is 254 g/mol. The van der Waals surface area contributed by atoms with Crippen molar-refractivity contribution < 1.29 is 19.1 Å². The standard InChI is InChI=1S/C12H18N2O4/c1-8(14-10(15)4-5-11(14)16)12(17)13-7-9-3-2-6-18-9/h8-9H,2-7H2,1H3,(H,13,17)/t8-,9?/m0/s1. The minimum Gasteiger partial charge on any atom is -0.376 e. The van der Waals surface area contributed by atoms with Crippen molar-refractivity contribution in [3.63, 3.8) is 0 Å². The van der Waals surface area contributed by atoms with Crippen molar-refractivity contribution in [1.82, 2.24) is 10.2 Å². The van der Waals surface area contributed by atoms with Gasteiger partial charge in [-0.25, -0.2) is 0 Å². The first-order valence-corrected chi connectivity index (χ1v) is 6.34. The molecule has 2 heterocycles. The molecule has 18 heavy (non-hydrogen) atoms. The molecule has 1 N–H and O–H groups in total. The lowest BCUT2D eigenvalue weighted by Crippen LogP contribution is -2.48. The molecule has 0 aliphatic carbocycles. The van der Waals surface area contributed by atoms with Gasteiger partial charge in [0.15, 0.2) is 0 Å². The second-order valence-corrected chi connectivity index (χ2v) is 4.71. The van der Waals surface area contributed by atoms with Crippen LogP contribution < -0.4 is 5.32 Å². The highest BCUT2D eigenvalue weighted by Gasteiger charge is 2.36. The minimum absolute atomic E-state index is 0.0612.